The van der Waals surface area contributed by atoms with Crippen LogP contribution in [-0.4, -0.2) is 4.98 Å². The molecule has 0 aliphatic heterocycles. The summed E-state index contributed by atoms with van der Waals surface area (Å²) in [6.07, 6.45) is 2.33. The SMILES string of the molecule is CCCc1nc(N)sc1Cc1cccc(F)c1C#N. The van der Waals surface area contributed by atoms with Gasteiger partial charge in [-0.1, -0.05) is 25.5 Å². The van der Waals surface area contributed by atoms with Crippen LogP contribution in [0.3, 0.4) is 0 Å². The van der Waals surface area contributed by atoms with E-state index in [1.54, 1.807) is 12.1 Å². The molecule has 2 rings (SSSR count). The predicted molar refractivity (Wildman–Crippen MR) is 74.4 cm³/mol. The van der Waals surface area contributed by atoms with Crippen molar-refractivity contribution in [3.63, 3.8) is 0 Å². The predicted octanol–water partition coefficient (Wildman–Crippen LogP) is 3.28. The molecule has 0 saturated heterocycles. The fourth-order valence-electron chi connectivity index (χ4n) is 1.99. The minimum absolute atomic E-state index is 0.108. The van der Waals surface area contributed by atoms with Gasteiger partial charge in [0.05, 0.1) is 11.3 Å². The van der Waals surface area contributed by atoms with E-state index in [1.807, 2.05) is 6.07 Å². The minimum atomic E-state index is -0.477. The summed E-state index contributed by atoms with van der Waals surface area (Å²) in [7, 11) is 0. The van der Waals surface area contributed by atoms with Crippen molar-refractivity contribution in [2.24, 2.45) is 0 Å². The number of halogens is 1. The first-order chi connectivity index (χ1) is 9.15. The summed E-state index contributed by atoms with van der Waals surface area (Å²) in [6.45, 7) is 2.07. The second kappa shape index (κ2) is 5.81. The molecular formula is C14H14FN3S. The van der Waals surface area contributed by atoms with Crippen molar-refractivity contribution in [3.8, 4) is 6.07 Å². The fraction of sp³-hybridized carbons (Fsp3) is 0.286. The lowest BCUT2D eigenvalue weighted by molar-refractivity contribution is 0.622. The van der Waals surface area contributed by atoms with E-state index in [9.17, 15) is 4.39 Å². The second-order valence-electron chi connectivity index (χ2n) is 4.23. The van der Waals surface area contributed by atoms with Crippen LogP contribution in [0.15, 0.2) is 18.2 Å². The molecule has 3 nitrogen and oxygen atoms in total. The number of thiazole rings is 1. The third-order valence-corrected chi connectivity index (χ3v) is 3.77. The quantitative estimate of drug-likeness (QED) is 0.931. The highest BCUT2D eigenvalue weighted by Crippen LogP contribution is 2.26. The number of anilines is 1. The first-order valence-electron chi connectivity index (χ1n) is 6.07. The average molecular weight is 275 g/mol. The van der Waals surface area contributed by atoms with Gasteiger partial charge in [-0.3, -0.25) is 0 Å². The Hall–Kier alpha value is -1.93. The van der Waals surface area contributed by atoms with Crippen LogP contribution >= 0.6 is 11.3 Å². The van der Waals surface area contributed by atoms with Gasteiger partial charge >= 0.3 is 0 Å². The maximum atomic E-state index is 13.5. The number of nitriles is 1. The van der Waals surface area contributed by atoms with E-state index in [2.05, 4.69) is 11.9 Å². The second-order valence-corrected chi connectivity index (χ2v) is 5.35. The van der Waals surface area contributed by atoms with Crippen LogP contribution in [0.2, 0.25) is 0 Å². The van der Waals surface area contributed by atoms with E-state index in [4.69, 9.17) is 11.0 Å². The number of aryl methyl sites for hydroxylation is 1. The van der Waals surface area contributed by atoms with Gasteiger partial charge < -0.3 is 5.73 Å². The molecule has 0 atom stereocenters. The van der Waals surface area contributed by atoms with Crippen LogP contribution in [0.4, 0.5) is 9.52 Å². The Balaban J connectivity index is 2.37. The molecule has 2 aromatic rings. The first kappa shape index (κ1) is 13.5. The van der Waals surface area contributed by atoms with E-state index in [0.29, 0.717) is 17.1 Å². The van der Waals surface area contributed by atoms with Gasteiger partial charge in [-0.2, -0.15) is 5.26 Å². The van der Waals surface area contributed by atoms with Crippen molar-refractivity contribution >= 4 is 16.5 Å². The van der Waals surface area contributed by atoms with Gasteiger partial charge in [-0.15, -0.1) is 11.3 Å². The van der Waals surface area contributed by atoms with Crippen molar-refractivity contribution in [2.75, 3.05) is 5.73 Å². The monoisotopic (exact) mass is 275 g/mol. The van der Waals surface area contributed by atoms with Gasteiger partial charge in [0.1, 0.15) is 11.9 Å². The van der Waals surface area contributed by atoms with Crippen LogP contribution < -0.4 is 5.73 Å². The Bertz CT molecular complexity index is 628. The van der Waals surface area contributed by atoms with Crippen molar-refractivity contribution in [1.29, 1.82) is 5.26 Å². The van der Waals surface area contributed by atoms with Crippen molar-refractivity contribution in [2.45, 2.75) is 26.2 Å². The van der Waals surface area contributed by atoms with Crippen LogP contribution in [-0.2, 0) is 12.8 Å². The lowest BCUT2D eigenvalue weighted by atomic mass is 10.0. The van der Waals surface area contributed by atoms with Gasteiger partial charge in [0.15, 0.2) is 5.13 Å². The molecule has 0 unspecified atom stereocenters. The maximum absolute atomic E-state index is 13.5. The largest absolute Gasteiger partial charge is 0.375 e. The summed E-state index contributed by atoms with van der Waals surface area (Å²) in [5.74, 6) is -0.477. The Morgan fingerprint density at radius 3 is 2.95 bits per heavy atom. The molecule has 0 amide bonds. The van der Waals surface area contributed by atoms with Crippen LogP contribution in [0.25, 0.3) is 0 Å². The Labute approximate surface area is 115 Å². The lowest BCUT2D eigenvalue weighted by Gasteiger charge is -2.04. The third kappa shape index (κ3) is 2.91. The number of aromatic nitrogens is 1. The molecule has 0 bridgehead atoms. The number of nitrogen functional groups attached to an aromatic ring is 1. The normalized spacial score (nSPS) is 10.4. The summed E-state index contributed by atoms with van der Waals surface area (Å²) in [6, 6.07) is 6.61. The number of rotatable bonds is 4. The molecule has 98 valence electrons. The zero-order valence-electron chi connectivity index (χ0n) is 10.6. The van der Waals surface area contributed by atoms with Crippen molar-refractivity contribution < 1.29 is 4.39 Å². The zero-order valence-corrected chi connectivity index (χ0v) is 11.4. The van der Waals surface area contributed by atoms with E-state index in [-0.39, 0.29) is 5.56 Å². The summed E-state index contributed by atoms with van der Waals surface area (Å²) in [5, 5.41) is 9.55. The molecule has 0 aliphatic rings. The first-order valence-corrected chi connectivity index (χ1v) is 6.89. The summed E-state index contributed by atoms with van der Waals surface area (Å²) < 4.78 is 13.5. The molecule has 0 saturated carbocycles. The highest BCUT2D eigenvalue weighted by molar-refractivity contribution is 7.15. The summed E-state index contributed by atoms with van der Waals surface area (Å²) in [4.78, 5) is 5.31. The lowest BCUT2D eigenvalue weighted by Crippen LogP contribution is -1.97. The molecule has 0 radical (unpaired) electrons. The Morgan fingerprint density at radius 2 is 2.26 bits per heavy atom. The molecule has 19 heavy (non-hydrogen) atoms. The van der Waals surface area contributed by atoms with Gasteiger partial charge in [-0.25, -0.2) is 9.37 Å². The number of nitrogens with two attached hydrogens (primary N) is 1. The highest BCUT2D eigenvalue weighted by Gasteiger charge is 2.13. The van der Waals surface area contributed by atoms with Gasteiger partial charge in [-0.05, 0) is 18.1 Å². The molecular weight excluding hydrogens is 261 g/mol. The molecule has 0 fully saturated rings. The molecule has 0 aliphatic carbocycles. The molecule has 2 N–H and O–H groups in total. The average Bonchev–Trinajstić information content (AvgIpc) is 2.70. The van der Waals surface area contributed by atoms with E-state index in [1.165, 1.54) is 17.4 Å². The number of hydrogen-bond acceptors (Lipinski definition) is 4. The van der Waals surface area contributed by atoms with Gasteiger partial charge in [0.25, 0.3) is 0 Å². The molecule has 1 heterocycles. The molecule has 0 spiro atoms. The third-order valence-electron chi connectivity index (χ3n) is 2.84. The summed E-state index contributed by atoms with van der Waals surface area (Å²) in [5.41, 5.74) is 7.48. The van der Waals surface area contributed by atoms with Crippen LogP contribution in [0, 0.1) is 17.1 Å². The highest BCUT2D eigenvalue weighted by atomic mass is 32.1. The molecule has 5 heteroatoms. The molecule has 1 aromatic heterocycles. The minimum Gasteiger partial charge on any atom is -0.375 e. The Kier molecular flexibility index (Phi) is 4.13. The van der Waals surface area contributed by atoms with Crippen LogP contribution in [0.5, 0.6) is 0 Å². The maximum Gasteiger partial charge on any atom is 0.180 e. The smallest absolute Gasteiger partial charge is 0.180 e. The standard InChI is InChI=1S/C14H14FN3S/c1-2-4-12-13(19-14(17)18-12)7-9-5-3-6-11(15)10(9)8-16/h3,5-6H,2,4,7H2,1H3,(H2,17,18). The molecule has 1 aromatic carbocycles. The number of benzene rings is 1. The van der Waals surface area contributed by atoms with Crippen molar-refractivity contribution in [1.82, 2.24) is 4.98 Å². The van der Waals surface area contributed by atoms with Crippen LogP contribution in [0.1, 0.15) is 35.0 Å². The topological polar surface area (TPSA) is 62.7 Å². The zero-order chi connectivity index (χ0) is 13.8. The number of hydrogen-bond donors (Lipinski definition) is 1. The summed E-state index contributed by atoms with van der Waals surface area (Å²) >= 11 is 1.41. The number of nitrogens with zero attached hydrogens (tertiary/aromatic N) is 2. The van der Waals surface area contributed by atoms with Crippen molar-refractivity contribution in [3.05, 3.63) is 45.7 Å². The fourth-order valence-corrected chi connectivity index (χ4v) is 2.89. The van der Waals surface area contributed by atoms with Gasteiger partial charge in [0, 0.05) is 11.3 Å². The van der Waals surface area contributed by atoms with Gasteiger partial charge in [0.2, 0.25) is 0 Å². The van der Waals surface area contributed by atoms with E-state index >= 15 is 0 Å². The van der Waals surface area contributed by atoms with E-state index < -0.39 is 5.82 Å². The Morgan fingerprint density at radius 1 is 1.47 bits per heavy atom. The van der Waals surface area contributed by atoms with E-state index in [0.717, 1.165) is 23.4 Å².